The largest absolute Gasteiger partial charge is 0.462 e. The minimum absolute atomic E-state index is 0.229. The maximum absolute atomic E-state index is 13.8. The topological polar surface area (TPSA) is 74.7 Å². The van der Waals surface area contributed by atoms with Gasteiger partial charge in [0.1, 0.15) is 12.4 Å². The fourth-order valence-corrected chi connectivity index (χ4v) is 6.36. The molecule has 2 aromatic carbocycles. The van der Waals surface area contributed by atoms with Crippen LogP contribution < -0.4 is 9.64 Å². The number of likely N-dealkylation sites (N-methyl/N-ethyl adjacent to an activating group) is 1. The van der Waals surface area contributed by atoms with Crippen LogP contribution in [0.25, 0.3) is 33.1 Å². The molecule has 1 amide bonds. The first-order valence-electron chi connectivity index (χ1n) is 14.4. The number of likely N-dealkylation sites (tertiary alicyclic amines) is 1. The number of amides is 1. The van der Waals surface area contributed by atoms with Crippen LogP contribution in [0.2, 0.25) is 5.02 Å². The number of hydrogen-bond acceptors (Lipinski definition) is 7. The minimum atomic E-state index is -0.999. The Kier molecular flexibility index (Phi) is 8.15. The standard InChI is InChI=1S/C33H32ClFN6O2/c1-4-8-23-19-40(17-18-41(23)32(42)21(2)35)31-26-14-15-28(25-12-5-9-22-10-6-13-27(34)29(22)25)36-30(26)37-33(38-31)43-20-24-11-7-16-39(24)3/h1,5-6,9-10,12-15,23-24H,2,7-8,11,16-20H2,3H3. The molecule has 0 aliphatic carbocycles. The molecule has 0 saturated carbocycles. The number of benzene rings is 2. The van der Waals surface area contributed by atoms with E-state index >= 15 is 0 Å². The number of terminal acetylenes is 1. The average Bonchev–Trinajstić information content (AvgIpc) is 3.43. The van der Waals surface area contributed by atoms with Crippen LogP contribution in [0.15, 0.2) is 60.9 Å². The number of hydrogen-bond donors (Lipinski definition) is 0. The second-order valence-electron chi connectivity index (χ2n) is 11.0. The number of halogens is 2. The zero-order valence-electron chi connectivity index (χ0n) is 24.0. The molecule has 4 aromatic rings. The highest BCUT2D eigenvalue weighted by Gasteiger charge is 2.33. The van der Waals surface area contributed by atoms with Crippen LogP contribution in [-0.4, -0.2) is 82.6 Å². The van der Waals surface area contributed by atoms with Gasteiger partial charge in [0, 0.05) is 48.1 Å². The summed E-state index contributed by atoms with van der Waals surface area (Å²) in [6.07, 6.45) is 8.07. The fourth-order valence-electron chi connectivity index (χ4n) is 6.08. The molecule has 220 valence electrons. The van der Waals surface area contributed by atoms with Crippen LogP contribution in [0.4, 0.5) is 10.2 Å². The summed E-state index contributed by atoms with van der Waals surface area (Å²) in [5.41, 5.74) is 2.10. The maximum atomic E-state index is 13.8. The van der Waals surface area contributed by atoms with E-state index in [2.05, 4.69) is 24.4 Å². The van der Waals surface area contributed by atoms with Gasteiger partial charge < -0.3 is 19.4 Å². The number of anilines is 1. The molecule has 2 aromatic heterocycles. The molecule has 2 saturated heterocycles. The van der Waals surface area contributed by atoms with Crippen molar-refractivity contribution in [2.45, 2.75) is 31.3 Å². The Hall–Kier alpha value is -4.26. The van der Waals surface area contributed by atoms with Gasteiger partial charge in [-0.2, -0.15) is 9.97 Å². The van der Waals surface area contributed by atoms with Crippen molar-refractivity contribution in [2.24, 2.45) is 0 Å². The number of pyridine rings is 1. The lowest BCUT2D eigenvalue weighted by Crippen LogP contribution is -2.55. The van der Waals surface area contributed by atoms with Crippen molar-refractivity contribution < 1.29 is 13.9 Å². The van der Waals surface area contributed by atoms with E-state index in [0.717, 1.165) is 46.8 Å². The number of ether oxygens (including phenoxy) is 1. The quantitative estimate of drug-likeness (QED) is 0.206. The normalized spacial score (nSPS) is 19.1. The lowest BCUT2D eigenvalue weighted by atomic mass is 10.0. The van der Waals surface area contributed by atoms with Crippen LogP contribution in [0.3, 0.4) is 0 Å². The Morgan fingerprint density at radius 2 is 1.93 bits per heavy atom. The van der Waals surface area contributed by atoms with Crippen LogP contribution in [-0.2, 0) is 4.79 Å². The molecule has 4 heterocycles. The minimum Gasteiger partial charge on any atom is -0.462 e. The third-order valence-electron chi connectivity index (χ3n) is 8.35. The molecule has 0 spiro atoms. The summed E-state index contributed by atoms with van der Waals surface area (Å²) >= 11 is 6.64. The first-order chi connectivity index (χ1) is 20.8. The zero-order valence-corrected chi connectivity index (χ0v) is 24.7. The first-order valence-corrected chi connectivity index (χ1v) is 14.7. The van der Waals surface area contributed by atoms with Crippen molar-refractivity contribution in [2.75, 3.05) is 44.7 Å². The number of nitrogens with zero attached hydrogens (tertiary/aromatic N) is 6. The first kappa shape index (κ1) is 28.8. The summed E-state index contributed by atoms with van der Waals surface area (Å²) in [5.74, 6) is 1.51. The fraction of sp³-hybridized carbons (Fsp3) is 0.333. The van der Waals surface area contributed by atoms with Gasteiger partial charge in [-0.25, -0.2) is 9.37 Å². The maximum Gasteiger partial charge on any atom is 0.320 e. The predicted molar refractivity (Wildman–Crippen MR) is 168 cm³/mol. The highest BCUT2D eigenvalue weighted by molar-refractivity contribution is 6.36. The van der Waals surface area contributed by atoms with Crippen molar-refractivity contribution in [1.82, 2.24) is 24.8 Å². The highest BCUT2D eigenvalue weighted by atomic mass is 35.5. The van der Waals surface area contributed by atoms with Gasteiger partial charge in [0.05, 0.1) is 17.1 Å². The van der Waals surface area contributed by atoms with E-state index in [4.69, 9.17) is 37.7 Å². The van der Waals surface area contributed by atoms with Gasteiger partial charge in [-0.1, -0.05) is 48.5 Å². The summed E-state index contributed by atoms with van der Waals surface area (Å²) in [5, 5.41) is 3.31. The number of rotatable bonds is 7. The molecule has 0 bridgehead atoms. The summed E-state index contributed by atoms with van der Waals surface area (Å²) in [7, 11) is 2.09. The number of carbonyl (C=O) groups is 1. The van der Waals surface area contributed by atoms with Crippen molar-refractivity contribution in [3.63, 3.8) is 0 Å². The summed E-state index contributed by atoms with van der Waals surface area (Å²) < 4.78 is 20.0. The third kappa shape index (κ3) is 5.73. The van der Waals surface area contributed by atoms with E-state index in [1.807, 2.05) is 53.4 Å². The van der Waals surface area contributed by atoms with Crippen LogP contribution >= 0.6 is 11.6 Å². The SMILES string of the molecule is C#CCC1CN(c2nc(OCC3CCCN3C)nc3nc(-c4cccc5cccc(Cl)c45)ccc23)CCN1C(=O)C(=C)F. The van der Waals surface area contributed by atoms with Crippen molar-refractivity contribution in [1.29, 1.82) is 0 Å². The molecule has 2 aliphatic heterocycles. The summed E-state index contributed by atoms with van der Waals surface area (Å²) in [6, 6.07) is 15.8. The molecule has 0 radical (unpaired) electrons. The number of fused-ring (bicyclic) bond motifs is 2. The van der Waals surface area contributed by atoms with Gasteiger partial charge in [0.15, 0.2) is 11.5 Å². The van der Waals surface area contributed by atoms with E-state index < -0.39 is 17.8 Å². The second-order valence-corrected chi connectivity index (χ2v) is 11.4. The Labute approximate surface area is 255 Å². The number of aromatic nitrogens is 3. The Morgan fingerprint density at radius 3 is 2.67 bits per heavy atom. The Morgan fingerprint density at radius 1 is 1.12 bits per heavy atom. The summed E-state index contributed by atoms with van der Waals surface area (Å²) in [4.78, 5) is 32.9. The van der Waals surface area contributed by atoms with Gasteiger partial charge in [-0.15, -0.1) is 12.3 Å². The Balaban J connectivity index is 1.41. The van der Waals surface area contributed by atoms with Gasteiger partial charge in [-0.3, -0.25) is 4.79 Å². The lowest BCUT2D eigenvalue weighted by Gasteiger charge is -2.41. The average molecular weight is 599 g/mol. The van der Waals surface area contributed by atoms with E-state index in [9.17, 15) is 9.18 Å². The smallest absolute Gasteiger partial charge is 0.320 e. The van der Waals surface area contributed by atoms with Crippen LogP contribution in [0, 0.1) is 12.3 Å². The van der Waals surface area contributed by atoms with Crippen LogP contribution in [0.1, 0.15) is 19.3 Å². The molecule has 8 nitrogen and oxygen atoms in total. The number of piperazine rings is 1. The predicted octanol–water partition coefficient (Wildman–Crippen LogP) is 5.50. The second kappa shape index (κ2) is 12.2. The van der Waals surface area contributed by atoms with E-state index in [1.54, 1.807) is 0 Å². The lowest BCUT2D eigenvalue weighted by molar-refractivity contribution is -0.131. The molecular weight excluding hydrogens is 567 g/mol. The van der Waals surface area contributed by atoms with Crippen LogP contribution in [0.5, 0.6) is 6.01 Å². The van der Waals surface area contributed by atoms with Gasteiger partial charge >= 0.3 is 6.01 Å². The van der Waals surface area contributed by atoms with Crippen molar-refractivity contribution in [3.05, 3.63) is 66.0 Å². The van der Waals surface area contributed by atoms with E-state index in [-0.39, 0.29) is 25.0 Å². The van der Waals surface area contributed by atoms with Crippen molar-refractivity contribution >= 4 is 45.1 Å². The summed E-state index contributed by atoms with van der Waals surface area (Å²) in [6.45, 7) is 5.72. The molecule has 2 aliphatic rings. The molecule has 2 fully saturated rings. The molecule has 6 rings (SSSR count). The molecular formula is C33H32ClFN6O2. The molecule has 0 N–H and O–H groups in total. The van der Waals surface area contributed by atoms with Crippen molar-refractivity contribution in [3.8, 4) is 29.6 Å². The molecule has 2 atom stereocenters. The molecule has 2 unspecified atom stereocenters. The van der Waals surface area contributed by atoms with Gasteiger partial charge in [-0.05, 0) is 50.0 Å². The van der Waals surface area contributed by atoms with Gasteiger partial charge in [0.2, 0.25) is 0 Å². The third-order valence-corrected chi connectivity index (χ3v) is 8.67. The Bertz CT molecular complexity index is 1750. The van der Waals surface area contributed by atoms with Gasteiger partial charge in [0.25, 0.3) is 5.91 Å². The van der Waals surface area contributed by atoms with E-state index in [0.29, 0.717) is 36.2 Å². The number of carbonyl (C=O) groups excluding carboxylic acids is 1. The van der Waals surface area contributed by atoms with E-state index in [1.165, 1.54) is 4.90 Å². The zero-order chi connectivity index (χ0) is 30.1. The molecule has 43 heavy (non-hydrogen) atoms. The molecule has 10 heteroatoms. The highest BCUT2D eigenvalue weighted by Crippen LogP contribution is 2.35. The monoisotopic (exact) mass is 598 g/mol.